The summed E-state index contributed by atoms with van der Waals surface area (Å²) in [5, 5.41) is 9.20. The van der Waals surface area contributed by atoms with Crippen molar-refractivity contribution in [3.8, 4) is 0 Å². The second kappa shape index (κ2) is 3.45. The van der Waals surface area contributed by atoms with Crippen molar-refractivity contribution in [1.82, 2.24) is 0 Å². The minimum atomic E-state index is 0.528. The molecule has 1 aliphatic rings. The fourth-order valence-electron chi connectivity index (χ4n) is 1.21. The lowest BCUT2D eigenvalue weighted by atomic mass is 9.99. The lowest BCUT2D eigenvalue weighted by Gasteiger charge is -2.08. The van der Waals surface area contributed by atoms with Gasteiger partial charge in [0.15, 0.2) is 0 Å². The van der Waals surface area contributed by atoms with Gasteiger partial charge in [-0.15, -0.1) is 0 Å². The molecule has 1 unspecified atom stereocenters. The van der Waals surface area contributed by atoms with E-state index < -0.39 is 0 Å². The maximum atomic E-state index is 9.20. The molecule has 0 spiro atoms. The summed E-state index contributed by atoms with van der Waals surface area (Å²) in [5.41, 5.74) is 0. The van der Waals surface area contributed by atoms with E-state index >= 15 is 0 Å². The molecule has 0 amide bonds. The maximum Gasteiger partial charge on any atom is 0.0925 e. The van der Waals surface area contributed by atoms with E-state index in [0.29, 0.717) is 11.7 Å². The van der Waals surface area contributed by atoms with Crippen LogP contribution in [-0.2, 0) is 0 Å². The summed E-state index contributed by atoms with van der Waals surface area (Å²) in [4.78, 5) is 0. The molecule has 0 heterocycles. The van der Waals surface area contributed by atoms with E-state index in [0.717, 1.165) is 19.3 Å². The summed E-state index contributed by atoms with van der Waals surface area (Å²) in [5.74, 6) is 1.18. The van der Waals surface area contributed by atoms with Gasteiger partial charge in [-0.3, -0.25) is 0 Å². The van der Waals surface area contributed by atoms with Crippen molar-refractivity contribution in [1.29, 1.82) is 0 Å². The molecule has 0 aliphatic heterocycles. The van der Waals surface area contributed by atoms with Crippen LogP contribution in [0.3, 0.4) is 0 Å². The summed E-state index contributed by atoms with van der Waals surface area (Å²) in [6.45, 7) is 2.16. The van der Waals surface area contributed by atoms with Crippen LogP contribution in [0.2, 0.25) is 0 Å². The number of rotatable bonds is 1. The summed E-state index contributed by atoms with van der Waals surface area (Å²) >= 11 is 0. The van der Waals surface area contributed by atoms with Gasteiger partial charge in [0.1, 0.15) is 0 Å². The monoisotopic (exact) mass is 138 g/mol. The molecule has 0 aromatic carbocycles. The van der Waals surface area contributed by atoms with E-state index in [-0.39, 0.29) is 0 Å². The van der Waals surface area contributed by atoms with Crippen LogP contribution < -0.4 is 0 Å². The Morgan fingerprint density at radius 2 is 2.50 bits per heavy atom. The Balaban J connectivity index is 2.53. The minimum absolute atomic E-state index is 0.528. The first-order valence-electron chi connectivity index (χ1n) is 3.87. The van der Waals surface area contributed by atoms with Crippen LogP contribution in [0.25, 0.3) is 0 Å². The lowest BCUT2D eigenvalue weighted by molar-refractivity contribution is 0.348. The topological polar surface area (TPSA) is 20.2 Å². The van der Waals surface area contributed by atoms with E-state index in [1.165, 1.54) is 0 Å². The molecular formula is C9H14O. The molecule has 1 heteroatoms. The predicted octanol–water partition coefficient (Wildman–Crippen LogP) is 2.80. The smallest absolute Gasteiger partial charge is 0.0925 e. The van der Waals surface area contributed by atoms with E-state index in [1.807, 2.05) is 6.08 Å². The summed E-state index contributed by atoms with van der Waals surface area (Å²) in [7, 11) is 0. The van der Waals surface area contributed by atoms with Crippen molar-refractivity contribution in [2.75, 3.05) is 0 Å². The molecule has 0 saturated heterocycles. The van der Waals surface area contributed by atoms with Gasteiger partial charge in [-0.2, -0.15) is 0 Å². The third kappa shape index (κ3) is 1.90. The average Bonchev–Trinajstić information content (AvgIpc) is 2.13. The fraction of sp³-hybridized carbons (Fsp3) is 0.556. The molecule has 1 rings (SSSR count). The Labute approximate surface area is 62.1 Å². The van der Waals surface area contributed by atoms with Crippen LogP contribution in [0.5, 0.6) is 0 Å². The SMILES string of the molecule is CCC1CC=CC=C(O)C1. The Kier molecular flexibility index (Phi) is 2.55. The highest BCUT2D eigenvalue weighted by Gasteiger charge is 2.07. The number of aliphatic hydroxyl groups excluding tert-OH is 1. The van der Waals surface area contributed by atoms with E-state index in [4.69, 9.17) is 0 Å². The third-order valence-corrected chi connectivity index (χ3v) is 1.97. The van der Waals surface area contributed by atoms with Gasteiger partial charge in [0.05, 0.1) is 5.76 Å². The highest BCUT2D eigenvalue weighted by molar-refractivity contribution is 5.10. The molecule has 10 heavy (non-hydrogen) atoms. The highest BCUT2D eigenvalue weighted by atomic mass is 16.3. The van der Waals surface area contributed by atoms with E-state index in [9.17, 15) is 5.11 Å². The average molecular weight is 138 g/mol. The largest absolute Gasteiger partial charge is 0.512 e. The molecule has 0 aromatic heterocycles. The molecule has 56 valence electrons. The van der Waals surface area contributed by atoms with Crippen molar-refractivity contribution < 1.29 is 5.11 Å². The standard InChI is InChI=1S/C9H14O/c1-2-8-5-3-4-6-9(10)7-8/h3-4,6,8,10H,2,5,7H2,1H3. The van der Waals surface area contributed by atoms with Gasteiger partial charge in [0, 0.05) is 6.42 Å². The van der Waals surface area contributed by atoms with Gasteiger partial charge in [0.2, 0.25) is 0 Å². The van der Waals surface area contributed by atoms with Gasteiger partial charge in [-0.25, -0.2) is 0 Å². The number of hydrogen-bond acceptors (Lipinski definition) is 1. The normalized spacial score (nSPS) is 25.7. The van der Waals surface area contributed by atoms with Crippen LogP contribution in [0.1, 0.15) is 26.2 Å². The summed E-state index contributed by atoms with van der Waals surface area (Å²) < 4.78 is 0. The number of hydrogen-bond donors (Lipinski definition) is 1. The lowest BCUT2D eigenvalue weighted by Crippen LogP contribution is -1.97. The molecule has 0 fully saturated rings. The molecule has 0 radical (unpaired) electrons. The van der Waals surface area contributed by atoms with Crippen molar-refractivity contribution in [2.45, 2.75) is 26.2 Å². The fourth-order valence-corrected chi connectivity index (χ4v) is 1.21. The zero-order valence-corrected chi connectivity index (χ0v) is 6.38. The Hall–Kier alpha value is -0.720. The van der Waals surface area contributed by atoms with E-state index in [2.05, 4.69) is 13.0 Å². The predicted molar refractivity (Wildman–Crippen MR) is 42.9 cm³/mol. The van der Waals surface area contributed by atoms with Crippen LogP contribution in [0.4, 0.5) is 0 Å². The van der Waals surface area contributed by atoms with Crippen LogP contribution in [0.15, 0.2) is 24.0 Å². The molecule has 1 nitrogen and oxygen atoms in total. The highest BCUT2D eigenvalue weighted by Crippen LogP contribution is 2.20. The summed E-state index contributed by atoms with van der Waals surface area (Å²) in [6, 6.07) is 0. The molecule has 1 aliphatic carbocycles. The number of allylic oxidation sites excluding steroid dienone is 4. The second-order valence-corrected chi connectivity index (χ2v) is 2.80. The number of aliphatic hydroxyl groups is 1. The molecule has 0 aromatic rings. The second-order valence-electron chi connectivity index (χ2n) is 2.80. The van der Waals surface area contributed by atoms with Crippen molar-refractivity contribution in [3.05, 3.63) is 24.0 Å². The van der Waals surface area contributed by atoms with Crippen molar-refractivity contribution in [3.63, 3.8) is 0 Å². The molecule has 0 bridgehead atoms. The first-order chi connectivity index (χ1) is 4.83. The molecule has 0 saturated carbocycles. The summed E-state index contributed by atoms with van der Waals surface area (Å²) in [6.07, 6.45) is 8.96. The van der Waals surface area contributed by atoms with Crippen LogP contribution >= 0.6 is 0 Å². The Bertz CT molecular complexity index is 156. The van der Waals surface area contributed by atoms with Gasteiger partial charge in [0.25, 0.3) is 0 Å². The van der Waals surface area contributed by atoms with Crippen LogP contribution in [0, 0.1) is 5.92 Å². The van der Waals surface area contributed by atoms with Crippen molar-refractivity contribution >= 4 is 0 Å². The van der Waals surface area contributed by atoms with Gasteiger partial charge < -0.3 is 5.11 Å². The molecule has 1 atom stereocenters. The van der Waals surface area contributed by atoms with Gasteiger partial charge in [-0.1, -0.05) is 25.5 Å². The first kappa shape index (κ1) is 7.39. The van der Waals surface area contributed by atoms with Gasteiger partial charge >= 0.3 is 0 Å². The van der Waals surface area contributed by atoms with Gasteiger partial charge in [-0.05, 0) is 18.4 Å². The minimum Gasteiger partial charge on any atom is -0.512 e. The Morgan fingerprint density at radius 1 is 1.70 bits per heavy atom. The zero-order valence-electron chi connectivity index (χ0n) is 6.38. The molecule has 1 N–H and O–H groups in total. The Morgan fingerprint density at radius 3 is 3.20 bits per heavy atom. The van der Waals surface area contributed by atoms with Crippen LogP contribution in [-0.4, -0.2) is 5.11 Å². The molecular weight excluding hydrogens is 124 g/mol. The van der Waals surface area contributed by atoms with Crippen molar-refractivity contribution in [2.24, 2.45) is 5.92 Å². The maximum absolute atomic E-state index is 9.20. The van der Waals surface area contributed by atoms with E-state index in [1.54, 1.807) is 6.08 Å². The quantitative estimate of drug-likeness (QED) is 0.590. The third-order valence-electron chi connectivity index (χ3n) is 1.97. The zero-order chi connectivity index (χ0) is 7.40. The first-order valence-corrected chi connectivity index (χ1v) is 3.87.